The molecular weight excluding hydrogens is 340 g/mol. The molecule has 0 aliphatic heterocycles. The van der Waals surface area contributed by atoms with Gasteiger partial charge in [-0.15, -0.1) is 0 Å². The molecule has 0 atom stereocenters. The average Bonchev–Trinajstić information content (AvgIpc) is 2.62. The van der Waals surface area contributed by atoms with Gasteiger partial charge < -0.3 is 14.8 Å². The summed E-state index contributed by atoms with van der Waals surface area (Å²) in [5.74, 6) is 0.563. The highest BCUT2D eigenvalue weighted by atomic mass is 35.5. The number of benzene rings is 2. The van der Waals surface area contributed by atoms with E-state index in [0.717, 1.165) is 5.56 Å². The molecule has 128 valence electrons. The summed E-state index contributed by atoms with van der Waals surface area (Å²) < 4.78 is 10.4. The highest BCUT2D eigenvalue weighted by Gasteiger charge is 2.11. The van der Waals surface area contributed by atoms with Crippen LogP contribution in [-0.4, -0.2) is 20.1 Å². The Morgan fingerprint density at radius 2 is 1.88 bits per heavy atom. The zero-order valence-corrected chi connectivity index (χ0v) is 14.8. The van der Waals surface area contributed by atoms with E-state index in [4.69, 9.17) is 21.1 Å². The molecule has 2 aromatic carbocycles. The molecule has 0 saturated carbocycles. The first kappa shape index (κ1) is 18.4. The fourth-order valence-corrected chi connectivity index (χ4v) is 2.31. The van der Waals surface area contributed by atoms with E-state index >= 15 is 0 Å². The number of rotatable bonds is 5. The van der Waals surface area contributed by atoms with Gasteiger partial charge >= 0.3 is 0 Å². The van der Waals surface area contributed by atoms with E-state index in [1.807, 2.05) is 13.0 Å². The maximum atomic E-state index is 12.3. The normalized spacial score (nSPS) is 10.8. The number of halogens is 1. The lowest BCUT2D eigenvalue weighted by molar-refractivity contribution is -0.112. The predicted octanol–water partition coefficient (Wildman–Crippen LogP) is 4.21. The van der Waals surface area contributed by atoms with Crippen LogP contribution in [0.4, 0.5) is 5.69 Å². The largest absolute Gasteiger partial charge is 0.493 e. The van der Waals surface area contributed by atoms with Crippen LogP contribution >= 0.6 is 11.6 Å². The summed E-state index contributed by atoms with van der Waals surface area (Å²) in [7, 11) is 3.05. The lowest BCUT2D eigenvalue weighted by atomic mass is 10.1. The van der Waals surface area contributed by atoms with Crippen LogP contribution in [0.15, 0.2) is 42.0 Å². The molecule has 25 heavy (non-hydrogen) atoms. The number of nitrogens with one attached hydrogen (secondary N) is 1. The highest BCUT2D eigenvalue weighted by Crippen LogP contribution is 2.28. The maximum Gasteiger partial charge on any atom is 0.266 e. The van der Waals surface area contributed by atoms with Crippen molar-refractivity contribution in [3.8, 4) is 17.6 Å². The number of anilines is 1. The minimum absolute atomic E-state index is 0.0380. The van der Waals surface area contributed by atoms with Gasteiger partial charge in [-0.2, -0.15) is 5.26 Å². The number of carbonyl (C=O) groups excluding carboxylic acids is 1. The van der Waals surface area contributed by atoms with Crippen molar-refractivity contribution in [1.29, 1.82) is 5.26 Å². The second-order valence-electron chi connectivity index (χ2n) is 5.20. The van der Waals surface area contributed by atoms with E-state index in [1.165, 1.54) is 20.3 Å². The summed E-state index contributed by atoms with van der Waals surface area (Å²) in [6.45, 7) is 1.87. The molecule has 5 nitrogen and oxygen atoms in total. The molecule has 0 heterocycles. The van der Waals surface area contributed by atoms with Crippen molar-refractivity contribution in [2.45, 2.75) is 6.92 Å². The summed E-state index contributed by atoms with van der Waals surface area (Å²) in [6.07, 6.45) is 1.48. The molecule has 1 amide bonds. The molecular formula is C19H17ClN2O3. The Bertz CT molecular complexity index is 869. The van der Waals surface area contributed by atoms with Crippen LogP contribution in [0.2, 0.25) is 5.02 Å². The number of amides is 1. The number of nitriles is 1. The van der Waals surface area contributed by atoms with Crippen molar-refractivity contribution in [1.82, 2.24) is 0 Å². The number of ether oxygens (including phenoxy) is 2. The quantitative estimate of drug-likeness (QED) is 0.643. The minimum Gasteiger partial charge on any atom is -0.493 e. The van der Waals surface area contributed by atoms with Gasteiger partial charge in [-0.3, -0.25) is 4.79 Å². The second kappa shape index (κ2) is 8.22. The Hall–Kier alpha value is -2.97. The SMILES string of the molecule is COc1ccc(/C=C(\C#N)C(=O)Nc2ccc(C)c(Cl)c2)cc1OC. The van der Waals surface area contributed by atoms with Gasteiger partial charge in [-0.25, -0.2) is 0 Å². The molecule has 0 aliphatic carbocycles. The van der Waals surface area contributed by atoms with E-state index < -0.39 is 5.91 Å². The monoisotopic (exact) mass is 356 g/mol. The number of nitrogens with zero attached hydrogens (tertiary/aromatic N) is 1. The van der Waals surface area contributed by atoms with Gasteiger partial charge in [0.05, 0.1) is 14.2 Å². The lowest BCUT2D eigenvalue weighted by Crippen LogP contribution is -2.13. The second-order valence-corrected chi connectivity index (χ2v) is 5.61. The fourth-order valence-electron chi connectivity index (χ4n) is 2.13. The van der Waals surface area contributed by atoms with Crippen molar-refractivity contribution in [2.24, 2.45) is 0 Å². The molecule has 0 fully saturated rings. The van der Waals surface area contributed by atoms with Gasteiger partial charge in [0, 0.05) is 10.7 Å². The number of aryl methyl sites for hydroxylation is 1. The third-order valence-corrected chi connectivity index (χ3v) is 3.92. The van der Waals surface area contributed by atoms with Gasteiger partial charge in [-0.05, 0) is 48.4 Å². The lowest BCUT2D eigenvalue weighted by Gasteiger charge is -2.08. The smallest absolute Gasteiger partial charge is 0.266 e. The van der Waals surface area contributed by atoms with Crippen LogP contribution in [0.3, 0.4) is 0 Å². The molecule has 0 bridgehead atoms. The summed E-state index contributed by atoms with van der Waals surface area (Å²) >= 11 is 6.05. The number of hydrogen-bond donors (Lipinski definition) is 1. The minimum atomic E-state index is -0.516. The third-order valence-electron chi connectivity index (χ3n) is 3.51. The third kappa shape index (κ3) is 4.52. The topological polar surface area (TPSA) is 71.3 Å². The maximum absolute atomic E-state index is 12.3. The van der Waals surface area contributed by atoms with E-state index in [2.05, 4.69) is 5.32 Å². The van der Waals surface area contributed by atoms with Crippen molar-refractivity contribution in [3.05, 3.63) is 58.1 Å². The first-order valence-electron chi connectivity index (χ1n) is 7.39. The van der Waals surface area contributed by atoms with Crippen molar-refractivity contribution in [3.63, 3.8) is 0 Å². The standard InChI is InChI=1S/C19H17ClN2O3/c1-12-4-6-15(10-16(12)20)22-19(23)14(11-21)8-13-5-7-17(24-2)18(9-13)25-3/h4-10H,1-3H3,(H,22,23)/b14-8+. The number of carbonyl (C=O) groups is 1. The van der Waals surface area contributed by atoms with Crippen molar-refractivity contribution < 1.29 is 14.3 Å². The van der Waals surface area contributed by atoms with Crippen LogP contribution in [0.25, 0.3) is 6.08 Å². The Morgan fingerprint density at radius 3 is 2.48 bits per heavy atom. The molecule has 0 aromatic heterocycles. The van der Waals surface area contributed by atoms with E-state index in [0.29, 0.717) is 27.8 Å². The predicted molar refractivity (Wildman–Crippen MR) is 98.0 cm³/mol. The van der Waals surface area contributed by atoms with Crippen LogP contribution in [0.1, 0.15) is 11.1 Å². The average molecular weight is 357 g/mol. The molecule has 0 aliphatic rings. The van der Waals surface area contributed by atoms with Crippen LogP contribution in [0, 0.1) is 18.3 Å². The van der Waals surface area contributed by atoms with E-state index in [1.54, 1.807) is 36.4 Å². The Labute approximate surface area is 151 Å². The Kier molecular flexibility index (Phi) is 6.04. The summed E-state index contributed by atoms with van der Waals surface area (Å²) in [6, 6.07) is 12.2. The zero-order valence-electron chi connectivity index (χ0n) is 14.1. The van der Waals surface area contributed by atoms with Gasteiger partial charge in [0.2, 0.25) is 0 Å². The fraction of sp³-hybridized carbons (Fsp3) is 0.158. The molecule has 2 aromatic rings. The van der Waals surface area contributed by atoms with Crippen LogP contribution in [-0.2, 0) is 4.79 Å². The van der Waals surface area contributed by atoms with Gasteiger partial charge in [0.1, 0.15) is 11.6 Å². The molecule has 1 N–H and O–H groups in total. The Morgan fingerprint density at radius 1 is 1.16 bits per heavy atom. The van der Waals surface area contributed by atoms with Crippen LogP contribution in [0.5, 0.6) is 11.5 Å². The van der Waals surface area contributed by atoms with Crippen molar-refractivity contribution >= 4 is 29.3 Å². The van der Waals surface area contributed by atoms with E-state index in [-0.39, 0.29) is 5.57 Å². The molecule has 0 unspecified atom stereocenters. The first-order valence-corrected chi connectivity index (χ1v) is 7.77. The first-order chi connectivity index (χ1) is 12.0. The number of methoxy groups -OCH3 is 2. The number of hydrogen-bond acceptors (Lipinski definition) is 4. The molecule has 6 heteroatoms. The summed E-state index contributed by atoms with van der Waals surface area (Å²) in [5.41, 5.74) is 2.03. The Balaban J connectivity index is 2.26. The summed E-state index contributed by atoms with van der Waals surface area (Å²) in [4.78, 5) is 12.3. The molecule has 0 saturated heterocycles. The van der Waals surface area contributed by atoms with Crippen molar-refractivity contribution in [2.75, 3.05) is 19.5 Å². The van der Waals surface area contributed by atoms with Gasteiger partial charge in [0.25, 0.3) is 5.91 Å². The van der Waals surface area contributed by atoms with Gasteiger partial charge in [-0.1, -0.05) is 23.7 Å². The summed E-state index contributed by atoms with van der Waals surface area (Å²) in [5, 5.41) is 12.5. The molecule has 2 rings (SSSR count). The van der Waals surface area contributed by atoms with E-state index in [9.17, 15) is 10.1 Å². The molecule has 0 radical (unpaired) electrons. The van der Waals surface area contributed by atoms with Crippen LogP contribution < -0.4 is 14.8 Å². The highest BCUT2D eigenvalue weighted by molar-refractivity contribution is 6.31. The van der Waals surface area contributed by atoms with Gasteiger partial charge in [0.15, 0.2) is 11.5 Å². The zero-order chi connectivity index (χ0) is 18.4. The molecule has 0 spiro atoms.